The molecule has 2 amide bonds. The molecule has 3 aliphatic carbocycles. The molecule has 2 bridgehead atoms. The largest absolute Gasteiger partial charge is 0.348 e. The SMILES string of the molecule is CC1(C(=O)Nc2nc(-c3ccc(C(=O)NCc4ccncc4)cc3)cs2)CC2c3ccccc3C1c1ccccc12. The van der Waals surface area contributed by atoms with Crippen LogP contribution in [0.3, 0.4) is 0 Å². The van der Waals surface area contributed by atoms with Crippen molar-refractivity contribution in [1.82, 2.24) is 15.3 Å². The number of amides is 2. The Morgan fingerprint density at radius 1 is 0.878 bits per heavy atom. The highest BCUT2D eigenvalue weighted by atomic mass is 32.1. The lowest BCUT2D eigenvalue weighted by molar-refractivity contribution is -0.126. The summed E-state index contributed by atoms with van der Waals surface area (Å²) in [4.78, 5) is 35.3. The molecule has 5 aromatic rings. The number of thiazole rings is 1. The average molecular weight is 557 g/mol. The van der Waals surface area contributed by atoms with Crippen LogP contribution in [0.25, 0.3) is 11.3 Å². The number of fused-ring (bicyclic) bond motifs is 1. The van der Waals surface area contributed by atoms with Crippen molar-refractivity contribution in [1.29, 1.82) is 0 Å². The molecule has 2 aromatic heterocycles. The molecule has 0 radical (unpaired) electrons. The average Bonchev–Trinajstić information content (AvgIpc) is 3.49. The van der Waals surface area contributed by atoms with Gasteiger partial charge in [0.15, 0.2) is 5.13 Å². The summed E-state index contributed by atoms with van der Waals surface area (Å²) in [5.41, 5.74) is 7.82. The lowest BCUT2D eigenvalue weighted by atomic mass is 9.52. The number of rotatable bonds is 6. The summed E-state index contributed by atoms with van der Waals surface area (Å²) >= 11 is 1.42. The summed E-state index contributed by atoms with van der Waals surface area (Å²) in [6, 6.07) is 28.2. The first-order chi connectivity index (χ1) is 20.0. The number of carbonyl (C=O) groups excluding carboxylic acids is 2. The third-order valence-corrected chi connectivity index (χ3v) is 9.28. The van der Waals surface area contributed by atoms with Crippen LogP contribution in [0, 0.1) is 5.41 Å². The molecular formula is C34H28N4O2S. The zero-order valence-electron chi connectivity index (χ0n) is 22.5. The van der Waals surface area contributed by atoms with Crippen LogP contribution in [-0.4, -0.2) is 21.8 Å². The summed E-state index contributed by atoms with van der Waals surface area (Å²) in [5, 5.41) is 8.60. The third kappa shape index (κ3) is 4.43. The van der Waals surface area contributed by atoms with Crippen LogP contribution in [-0.2, 0) is 11.3 Å². The van der Waals surface area contributed by atoms with E-state index in [1.54, 1.807) is 24.5 Å². The van der Waals surface area contributed by atoms with E-state index < -0.39 is 5.41 Å². The lowest BCUT2D eigenvalue weighted by Gasteiger charge is -2.50. The van der Waals surface area contributed by atoms with Crippen molar-refractivity contribution in [3.63, 3.8) is 0 Å². The molecule has 1 unspecified atom stereocenters. The zero-order valence-corrected chi connectivity index (χ0v) is 23.3. The van der Waals surface area contributed by atoms with E-state index in [2.05, 4.69) is 71.1 Å². The van der Waals surface area contributed by atoms with Crippen LogP contribution in [0.5, 0.6) is 0 Å². The van der Waals surface area contributed by atoms with E-state index in [-0.39, 0.29) is 23.7 Å². The minimum absolute atomic E-state index is 0.00128. The van der Waals surface area contributed by atoms with Crippen molar-refractivity contribution in [3.8, 4) is 11.3 Å². The van der Waals surface area contributed by atoms with E-state index in [1.807, 2.05) is 29.6 Å². The van der Waals surface area contributed by atoms with Gasteiger partial charge in [-0.3, -0.25) is 14.6 Å². The summed E-state index contributed by atoms with van der Waals surface area (Å²) in [6.45, 7) is 2.54. The predicted octanol–water partition coefficient (Wildman–Crippen LogP) is 6.76. The Kier molecular flexibility index (Phi) is 6.24. The van der Waals surface area contributed by atoms with Gasteiger partial charge in [-0.25, -0.2) is 4.98 Å². The third-order valence-electron chi connectivity index (χ3n) is 8.52. The minimum atomic E-state index is -0.593. The highest BCUT2D eigenvalue weighted by Gasteiger charge is 2.53. The van der Waals surface area contributed by atoms with Crippen molar-refractivity contribution in [2.75, 3.05) is 5.32 Å². The smallest absolute Gasteiger partial charge is 0.251 e. The van der Waals surface area contributed by atoms with Crippen LogP contribution < -0.4 is 10.6 Å². The highest BCUT2D eigenvalue weighted by molar-refractivity contribution is 7.14. The van der Waals surface area contributed by atoms with Crippen molar-refractivity contribution in [3.05, 3.63) is 136 Å². The molecule has 7 heteroatoms. The molecule has 6 nitrogen and oxygen atoms in total. The molecule has 2 N–H and O–H groups in total. The highest BCUT2D eigenvalue weighted by Crippen LogP contribution is 2.61. The molecule has 0 saturated carbocycles. The van der Waals surface area contributed by atoms with E-state index in [4.69, 9.17) is 4.98 Å². The molecule has 0 fully saturated rings. The molecule has 202 valence electrons. The van der Waals surface area contributed by atoms with Crippen molar-refractivity contribution in [2.45, 2.75) is 31.7 Å². The monoisotopic (exact) mass is 556 g/mol. The summed E-state index contributed by atoms with van der Waals surface area (Å²) in [7, 11) is 0. The first-order valence-corrected chi connectivity index (χ1v) is 14.6. The Morgan fingerprint density at radius 3 is 2.17 bits per heavy atom. The normalized spacial score (nSPS) is 20.1. The van der Waals surface area contributed by atoms with Crippen LogP contribution >= 0.6 is 11.3 Å². The second-order valence-electron chi connectivity index (χ2n) is 11.0. The van der Waals surface area contributed by atoms with Gasteiger partial charge in [0.25, 0.3) is 5.91 Å². The quantitative estimate of drug-likeness (QED) is 0.242. The van der Waals surface area contributed by atoms with Gasteiger partial charge in [-0.2, -0.15) is 0 Å². The van der Waals surface area contributed by atoms with E-state index in [1.165, 1.54) is 33.6 Å². The maximum Gasteiger partial charge on any atom is 0.251 e. The van der Waals surface area contributed by atoms with Crippen molar-refractivity contribution in [2.24, 2.45) is 5.41 Å². The first kappa shape index (κ1) is 25.4. The Balaban J connectivity index is 1.07. The van der Waals surface area contributed by atoms with Gasteiger partial charge in [-0.05, 0) is 65.4 Å². The topological polar surface area (TPSA) is 84.0 Å². The number of nitrogens with one attached hydrogen (secondary N) is 2. The molecule has 41 heavy (non-hydrogen) atoms. The second kappa shape index (κ2) is 10.1. The summed E-state index contributed by atoms with van der Waals surface area (Å²) < 4.78 is 0. The van der Waals surface area contributed by atoms with Gasteiger partial charge in [0.1, 0.15) is 0 Å². The Hall–Kier alpha value is -4.62. The van der Waals surface area contributed by atoms with Gasteiger partial charge in [0.05, 0.1) is 11.1 Å². The molecule has 0 saturated heterocycles. The van der Waals surface area contributed by atoms with Crippen LogP contribution in [0.2, 0.25) is 0 Å². The number of anilines is 1. The minimum Gasteiger partial charge on any atom is -0.348 e. The van der Waals surface area contributed by atoms with Gasteiger partial charge in [0, 0.05) is 47.3 Å². The van der Waals surface area contributed by atoms with Gasteiger partial charge in [-0.1, -0.05) is 60.7 Å². The van der Waals surface area contributed by atoms with Gasteiger partial charge >= 0.3 is 0 Å². The first-order valence-electron chi connectivity index (χ1n) is 13.7. The number of hydrogen-bond donors (Lipinski definition) is 2. The molecule has 3 aromatic carbocycles. The molecule has 3 aliphatic rings. The van der Waals surface area contributed by atoms with Crippen LogP contribution in [0.4, 0.5) is 5.13 Å². The molecule has 2 heterocycles. The number of nitrogens with zero attached hydrogens (tertiary/aromatic N) is 2. The second-order valence-corrected chi connectivity index (χ2v) is 11.8. The molecule has 8 rings (SSSR count). The van der Waals surface area contributed by atoms with E-state index in [0.717, 1.165) is 23.2 Å². The number of aromatic nitrogens is 2. The predicted molar refractivity (Wildman–Crippen MR) is 161 cm³/mol. The lowest BCUT2D eigenvalue weighted by Crippen LogP contribution is -2.47. The maximum absolute atomic E-state index is 13.9. The molecule has 1 atom stereocenters. The number of benzene rings is 3. The standard InChI is InChI=1S/C34H28N4O2S/c1-34(18-28-24-6-2-4-8-26(24)30(34)27-9-5-3-7-25(27)28)32(40)38-33-37-29(20-41-33)22-10-12-23(13-11-22)31(39)36-19-21-14-16-35-17-15-21/h2-17,20,28,30H,18-19H2,1H3,(H,36,39)(H,37,38,40). The van der Waals surface area contributed by atoms with Crippen molar-refractivity contribution >= 4 is 28.3 Å². The van der Waals surface area contributed by atoms with Crippen molar-refractivity contribution < 1.29 is 9.59 Å². The maximum atomic E-state index is 13.9. The zero-order chi connectivity index (χ0) is 28.0. The Bertz CT molecular complexity index is 1720. The van der Waals surface area contributed by atoms with Gasteiger partial charge in [0.2, 0.25) is 5.91 Å². The molecule has 0 spiro atoms. The number of carbonyl (C=O) groups is 2. The van der Waals surface area contributed by atoms with Gasteiger partial charge in [-0.15, -0.1) is 11.3 Å². The molecule has 0 aliphatic heterocycles. The van der Waals surface area contributed by atoms with Gasteiger partial charge < -0.3 is 10.6 Å². The number of hydrogen-bond acceptors (Lipinski definition) is 5. The fourth-order valence-corrected chi connectivity index (χ4v) is 7.19. The fourth-order valence-electron chi connectivity index (χ4n) is 6.47. The van der Waals surface area contributed by atoms with E-state index in [9.17, 15) is 9.59 Å². The van der Waals surface area contributed by atoms with Crippen LogP contribution in [0.15, 0.2) is 103 Å². The Morgan fingerprint density at radius 2 is 1.51 bits per heavy atom. The molecular weight excluding hydrogens is 528 g/mol. The van der Waals surface area contributed by atoms with E-state index >= 15 is 0 Å². The summed E-state index contributed by atoms with van der Waals surface area (Å²) in [5.74, 6) is 0.0587. The number of pyridine rings is 1. The van der Waals surface area contributed by atoms with E-state index in [0.29, 0.717) is 17.2 Å². The van der Waals surface area contributed by atoms with Crippen LogP contribution in [0.1, 0.15) is 63.4 Å². The fraction of sp³-hybridized carbons (Fsp3) is 0.176. The Labute approximate surface area is 242 Å². The summed E-state index contributed by atoms with van der Waals surface area (Å²) in [6.07, 6.45) is 4.18.